The Morgan fingerprint density at radius 2 is 1.96 bits per heavy atom. The normalized spacial score (nSPS) is 16.0. The summed E-state index contributed by atoms with van der Waals surface area (Å²) in [5.74, 6) is -1.05. The summed E-state index contributed by atoms with van der Waals surface area (Å²) in [6, 6.07) is 2.13. The standard InChI is InChI=1S/C15H16BrF3N2O2/c1-8(13(20)22)21(7-9-2-3-9)14(23)10-4-11(15(17,18)19)6-12(16)5-10/h4-6,8-9H,2-3,7H2,1H3,(H2,20,22). The van der Waals surface area contributed by atoms with E-state index in [2.05, 4.69) is 15.9 Å². The molecule has 2 rings (SSSR count). The van der Waals surface area contributed by atoms with Crippen LogP contribution in [0.1, 0.15) is 35.7 Å². The molecule has 0 aliphatic heterocycles. The number of alkyl halides is 3. The van der Waals surface area contributed by atoms with E-state index in [1.165, 1.54) is 17.9 Å². The highest BCUT2D eigenvalue weighted by molar-refractivity contribution is 9.10. The molecule has 1 fully saturated rings. The fourth-order valence-corrected chi connectivity index (χ4v) is 2.68. The fourth-order valence-electron chi connectivity index (χ4n) is 2.19. The third-order valence-electron chi connectivity index (χ3n) is 3.76. The van der Waals surface area contributed by atoms with Crippen molar-refractivity contribution in [1.29, 1.82) is 0 Å². The van der Waals surface area contributed by atoms with E-state index < -0.39 is 29.6 Å². The molecule has 1 aliphatic rings. The molecule has 0 heterocycles. The summed E-state index contributed by atoms with van der Waals surface area (Å²) in [5.41, 5.74) is 4.21. The highest BCUT2D eigenvalue weighted by Crippen LogP contribution is 2.34. The van der Waals surface area contributed by atoms with Crippen LogP contribution in [0.2, 0.25) is 0 Å². The summed E-state index contributed by atoms with van der Waals surface area (Å²) in [5, 5.41) is 0. The minimum atomic E-state index is -4.56. The van der Waals surface area contributed by atoms with Crippen molar-refractivity contribution in [3.8, 4) is 0 Å². The maximum Gasteiger partial charge on any atom is 0.416 e. The number of benzene rings is 1. The molecule has 2 amide bonds. The molecule has 4 nitrogen and oxygen atoms in total. The minimum absolute atomic E-state index is 0.125. The molecule has 1 unspecified atom stereocenters. The molecular formula is C15H16BrF3N2O2. The molecule has 0 bridgehead atoms. The Kier molecular flexibility index (Phi) is 5.03. The molecule has 1 aliphatic carbocycles. The summed E-state index contributed by atoms with van der Waals surface area (Å²) in [7, 11) is 0. The molecule has 1 aromatic carbocycles. The molecule has 8 heteroatoms. The van der Waals surface area contributed by atoms with Gasteiger partial charge in [0.25, 0.3) is 5.91 Å². The van der Waals surface area contributed by atoms with E-state index in [4.69, 9.17) is 5.73 Å². The quantitative estimate of drug-likeness (QED) is 0.835. The first-order chi connectivity index (χ1) is 10.6. The van der Waals surface area contributed by atoms with Crippen molar-refractivity contribution in [2.75, 3.05) is 6.54 Å². The van der Waals surface area contributed by atoms with Crippen LogP contribution in [0.3, 0.4) is 0 Å². The average molecular weight is 393 g/mol. The number of nitrogens with zero attached hydrogens (tertiary/aromatic N) is 1. The van der Waals surface area contributed by atoms with E-state index >= 15 is 0 Å². The van der Waals surface area contributed by atoms with Crippen LogP contribution in [0, 0.1) is 5.92 Å². The maximum absolute atomic E-state index is 12.9. The van der Waals surface area contributed by atoms with E-state index in [0.717, 1.165) is 25.0 Å². The van der Waals surface area contributed by atoms with Crippen molar-refractivity contribution < 1.29 is 22.8 Å². The van der Waals surface area contributed by atoms with E-state index in [0.29, 0.717) is 6.54 Å². The second kappa shape index (κ2) is 6.51. The number of hydrogen-bond acceptors (Lipinski definition) is 2. The van der Waals surface area contributed by atoms with Gasteiger partial charge in [0.05, 0.1) is 5.56 Å². The summed E-state index contributed by atoms with van der Waals surface area (Å²) in [6.45, 7) is 1.79. The number of carbonyl (C=O) groups excluding carboxylic acids is 2. The van der Waals surface area contributed by atoms with Gasteiger partial charge in [-0.05, 0) is 43.9 Å². The van der Waals surface area contributed by atoms with Gasteiger partial charge in [0.15, 0.2) is 0 Å². The van der Waals surface area contributed by atoms with Crippen LogP contribution in [0.15, 0.2) is 22.7 Å². The Hall–Kier alpha value is -1.57. The molecule has 1 aromatic rings. The SMILES string of the molecule is CC(C(N)=O)N(CC1CC1)C(=O)c1cc(Br)cc(C(F)(F)F)c1. The Morgan fingerprint density at radius 1 is 1.35 bits per heavy atom. The van der Waals surface area contributed by atoms with Crippen LogP contribution in [0.25, 0.3) is 0 Å². The van der Waals surface area contributed by atoms with E-state index in [1.807, 2.05) is 0 Å². The monoisotopic (exact) mass is 392 g/mol. The first-order valence-corrected chi connectivity index (χ1v) is 7.87. The summed E-state index contributed by atoms with van der Waals surface area (Å²) < 4.78 is 38.8. The number of amides is 2. The maximum atomic E-state index is 12.9. The van der Waals surface area contributed by atoms with Crippen molar-refractivity contribution in [1.82, 2.24) is 4.90 Å². The third kappa shape index (κ3) is 4.46. The average Bonchev–Trinajstić information content (AvgIpc) is 3.25. The first-order valence-electron chi connectivity index (χ1n) is 7.07. The lowest BCUT2D eigenvalue weighted by Crippen LogP contribution is -2.47. The number of halogens is 4. The lowest BCUT2D eigenvalue weighted by molar-refractivity contribution is -0.137. The van der Waals surface area contributed by atoms with Gasteiger partial charge in [-0.2, -0.15) is 13.2 Å². The van der Waals surface area contributed by atoms with Crippen LogP contribution in [-0.4, -0.2) is 29.3 Å². The van der Waals surface area contributed by atoms with Gasteiger partial charge >= 0.3 is 6.18 Å². The smallest absolute Gasteiger partial charge is 0.368 e. The van der Waals surface area contributed by atoms with Crippen molar-refractivity contribution in [3.05, 3.63) is 33.8 Å². The predicted molar refractivity (Wildman–Crippen MR) is 81.6 cm³/mol. The van der Waals surface area contributed by atoms with Crippen molar-refractivity contribution >= 4 is 27.7 Å². The molecule has 0 radical (unpaired) electrons. The molecule has 23 heavy (non-hydrogen) atoms. The largest absolute Gasteiger partial charge is 0.416 e. The van der Waals surface area contributed by atoms with E-state index in [-0.39, 0.29) is 16.0 Å². The van der Waals surface area contributed by atoms with Gasteiger partial charge in [0.2, 0.25) is 5.91 Å². The van der Waals surface area contributed by atoms with Gasteiger partial charge in [-0.1, -0.05) is 15.9 Å². The minimum Gasteiger partial charge on any atom is -0.368 e. The zero-order chi connectivity index (χ0) is 17.4. The second-order valence-electron chi connectivity index (χ2n) is 5.71. The number of primary amides is 1. The molecule has 0 aromatic heterocycles. The Balaban J connectivity index is 2.35. The summed E-state index contributed by atoms with van der Waals surface area (Å²) in [6.07, 6.45) is -2.70. The fraction of sp³-hybridized carbons (Fsp3) is 0.467. The Bertz CT molecular complexity index is 630. The predicted octanol–water partition coefficient (Wildman–Crippen LogP) is 3.19. The number of rotatable bonds is 5. The first kappa shape index (κ1) is 17.8. The molecular weight excluding hydrogens is 377 g/mol. The molecule has 1 atom stereocenters. The zero-order valence-corrected chi connectivity index (χ0v) is 13.9. The summed E-state index contributed by atoms with van der Waals surface area (Å²) >= 11 is 2.99. The van der Waals surface area contributed by atoms with Gasteiger partial charge < -0.3 is 10.6 Å². The van der Waals surface area contributed by atoms with Crippen molar-refractivity contribution in [3.63, 3.8) is 0 Å². The molecule has 0 spiro atoms. The van der Waals surface area contributed by atoms with E-state index in [9.17, 15) is 22.8 Å². The molecule has 0 saturated heterocycles. The Labute approximate surface area is 139 Å². The van der Waals surface area contributed by atoms with Gasteiger partial charge in [0.1, 0.15) is 6.04 Å². The zero-order valence-electron chi connectivity index (χ0n) is 12.4. The second-order valence-corrected chi connectivity index (χ2v) is 6.62. The number of nitrogens with two attached hydrogens (primary N) is 1. The van der Waals surface area contributed by atoms with Crippen LogP contribution in [-0.2, 0) is 11.0 Å². The van der Waals surface area contributed by atoms with Crippen LogP contribution in [0.5, 0.6) is 0 Å². The number of hydrogen-bond donors (Lipinski definition) is 1. The van der Waals surface area contributed by atoms with Crippen molar-refractivity contribution in [2.45, 2.75) is 32.0 Å². The Morgan fingerprint density at radius 3 is 2.43 bits per heavy atom. The molecule has 2 N–H and O–H groups in total. The van der Waals surface area contributed by atoms with Crippen molar-refractivity contribution in [2.24, 2.45) is 11.7 Å². The van der Waals surface area contributed by atoms with Gasteiger partial charge in [-0.15, -0.1) is 0 Å². The van der Waals surface area contributed by atoms with Crippen LogP contribution < -0.4 is 5.73 Å². The highest BCUT2D eigenvalue weighted by atomic mass is 79.9. The molecule has 1 saturated carbocycles. The number of carbonyl (C=O) groups is 2. The van der Waals surface area contributed by atoms with Crippen LogP contribution >= 0.6 is 15.9 Å². The summed E-state index contributed by atoms with van der Waals surface area (Å²) in [4.78, 5) is 25.3. The lowest BCUT2D eigenvalue weighted by Gasteiger charge is -2.27. The topological polar surface area (TPSA) is 63.4 Å². The third-order valence-corrected chi connectivity index (χ3v) is 4.22. The van der Waals surface area contributed by atoms with Gasteiger partial charge in [-0.3, -0.25) is 9.59 Å². The lowest BCUT2D eigenvalue weighted by atomic mass is 10.1. The molecule has 126 valence electrons. The van der Waals surface area contributed by atoms with Crippen LogP contribution in [0.4, 0.5) is 13.2 Å². The van der Waals surface area contributed by atoms with Gasteiger partial charge in [-0.25, -0.2) is 0 Å². The van der Waals surface area contributed by atoms with E-state index in [1.54, 1.807) is 0 Å². The highest BCUT2D eigenvalue weighted by Gasteiger charge is 2.35. The van der Waals surface area contributed by atoms with Gasteiger partial charge in [0, 0.05) is 16.6 Å².